The van der Waals surface area contributed by atoms with Crippen LogP contribution in [0.5, 0.6) is 5.75 Å². The quantitative estimate of drug-likeness (QED) is 0.449. The Bertz CT molecular complexity index is 1090. The van der Waals surface area contributed by atoms with Gasteiger partial charge in [0.05, 0.1) is 27.8 Å². The number of nitro benzene ring substituents is 1. The third-order valence-corrected chi connectivity index (χ3v) is 4.03. The van der Waals surface area contributed by atoms with Crippen LogP contribution in [0.3, 0.4) is 0 Å². The highest BCUT2D eigenvalue weighted by Gasteiger charge is 2.18. The van der Waals surface area contributed by atoms with Crippen molar-refractivity contribution in [2.45, 2.75) is 0 Å². The summed E-state index contributed by atoms with van der Waals surface area (Å²) in [5, 5.41) is 21.2. The summed E-state index contributed by atoms with van der Waals surface area (Å²) in [6.45, 7) is 0. The van der Waals surface area contributed by atoms with Crippen molar-refractivity contribution in [3.05, 3.63) is 83.0 Å². The fraction of sp³-hybridized carbons (Fsp3) is 0. The Kier molecular flexibility index (Phi) is 3.43. The molecule has 0 fully saturated rings. The molecule has 0 bridgehead atoms. The van der Waals surface area contributed by atoms with Crippen LogP contribution in [0.1, 0.15) is 0 Å². The van der Waals surface area contributed by atoms with E-state index in [0.717, 1.165) is 22.8 Å². The van der Waals surface area contributed by atoms with E-state index < -0.39 is 4.92 Å². The minimum absolute atomic E-state index is 0.162. The van der Waals surface area contributed by atoms with Gasteiger partial charge in [0, 0.05) is 17.8 Å². The average Bonchev–Trinajstić information content (AvgIpc) is 3.02. The highest BCUT2D eigenvalue weighted by molar-refractivity contribution is 5.82. The van der Waals surface area contributed by atoms with Gasteiger partial charge in [0.25, 0.3) is 5.69 Å². The van der Waals surface area contributed by atoms with E-state index >= 15 is 0 Å². The molecule has 0 amide bonds. The first-order valence-corrected chi connectivity index (χ1v) is 7.65. The number of hydrogen-bond acceptors (Lipinski definition) is 4. The Morgan fingerprint density at radius 1 is 1.00 bits per heavy atom. The van der Waals surface area contributed by atoms with Gasteiger partial charge in [-0.2, -0.15) is 0 Å². The monoisotopic (exact) mass is 331 g/mol. The standard InChI is InChI=1S/C19H13N3O3/c23-17-12-14(22(24)25)9-10-15(17)19-20-18(13-6-2-1-3-7-13)16-8-4-5-11-21(16)19/h1-12,23H. The van der Waals surface area contributed by atoms with Gasteiger partial charge in [-0.3, -0.25) is 14.5 Å². The maximum atomic E-state index is 10.9. The molecule has 0 spiro atoms. The number of hydrogen-bond donors (Lipinski definition) is 1. The number of fused-ring (bicyclic) bond motifs is 1. The first-order chi connectivity index (χ1) is 12.1. The lowest BCUT2D eigenvalue weighted by Gasteiger charge is -2.03. The highest BCUT2D eigenvalue weighted by atomic mass is 16.6. The summed E-state index contributed by atoms with van der Waals surface area (Å²) in [6, 6.07) is 19.5. The number of nitro groups is 1. The van der Waals surface area contributed by atoms with Crippen LogP contribution in [0.25, 0.3) is 28.2 Å². The highest BCUT2D eigenvalue weighted by Crippen LogP contribution is 2.35. The largest absolute Gasteiger partial charge is 0.507 e. The Hall–Kier alpha value is -3.67. The molecule has 6 heteroatoms. The lowest BCUT2D eigenvalue weighted by Crippen LogP contribution is -1.91. The number of pyridine rings is 1. The van der Waals surface area contributed by atoms with Crippen molar-refractivity contribution in [1.29, 1.82) is 0 Å². The number of aromatic nitrogens is 2. The van der Waals surface area contributed by atoms with Crippen molar-refractivity contribution in [2.75, 3.05) is 0 Å². The Labute approximate surface area is 142 Å². The fourth-order valence-electron chi connectivity index (χ4n) is 2.86. The van der Waals surface area contributed by atoms with E-state index in [0.29, 0.717) is 11.4 Å². The van der Waals surface area contributed by atoms with Crippen molar-refractivity contribution in [1.82, 2.24) is 9.38 Å². The molecule has 0 aliphatic heterocycles. The van der Waals surface area contributed by atoms with Gasteiger partial charge in [0.2, 0.25) is 0 Å². The molecule has 0 atom stereocenters. The molecule has 4 rings (SSSR count). The van der Waals surface area contributed by atoms with E-state index in [2.05, 4.69) is 0 Å². The molecule has 6 nitrogen and oxygen atoms in total. The number of rotatable bonds is 3. The van der Waals surface area contributed by atoms with E-state index in [9.17, 15) is 15.2 Å². The van der Waals surface area contributed by atoms with Crippen LogP contribution >= 0.6 is 0 Å². The van der Waals surface area contributed by atoms with Crippen LogP contribution in [0.15, 0.2) is 72.9 Å². The molecular weight excluding hydrogens is 318 g/mol. The molecule has 1 N–H and O–H groups in total. The zero-order valence-corrected chi connectivity index (χ0v) is 13.0. The molecule has 0 radical (unpaired) electrons. The fourth-order valence-corrected chi connectivity index (χ4v) is 2.86. The van der Waals surface area contributed by atoms with Crippen LogP contribution in [0.4, 0.5) is 5.69 Å². The molecule has 2 aromatic carbocycles. The maximum absolute atomic E-state index is 10.9. The molecule has 25 heavy (non-hydrogen) atoms. The maximum Gasteiger partial charge on any atom is 0.273 e. The number of aromatic hydroxyl groups is 1. The minimum Gasteiger partial charge on any atom is -0.507 e. The van der Waals surface area contributed by atoms with Crippen molar-refractivity contribution in [2.24, 2.45) is 0 Å². The average molecular weight is 331 g/mol. The number of imidazole rings is 1. The summed E-state index contributed by atoms with van der Waals surface area (Å²) in [7, 11) is 0. The van der Waals surface area contributed by atoms with E-state index in [1.54, 1.807) is 0 Å². The molecule has 2 aromatic heterocycles. The van der Waals surface area contributed by atoms with E-state index in [1.807, 2.05) is 59.1 Å². The Morgan fingerprint density at radius 2 is 1.76 bits per heavy atom. The second-order valence-corrected chi connectivity index (χ2v) is 5.56. The molecule has 2 heterocycles. The van der Waals surface area contributed by atoms with Gasteiger partial charge in [-0.25, -0.2) is 4.98 Å². The summed E-state index contributed by atoms with van der Waals surface area (Å²) in [4.78, 5) is 15.0. The lowest BCUT2D eigenvalue weighted by molar-refractivity contribution is -0.384. The van der Waals surface area contributed by atoms with Gasteiger partial charge < -0.3 is 5.11 Å². The van der Waals surface area contributed by atoms with Crippen molar-refractivity contribution >= 4 is 11.2 Å². The van der Waals surface area contributed by atoms with Gasteiger partial charge in [0.1, 0.15) is 11.6 Å². The first-order valence-electron chi connectivity index (χ1n) is 7.65. The third kappa shape index (κ3) is 2.49. The van der Waals surface area contributed by atoms with Crippen molar-refractivity contribution < 1.29 is 10.0 Å². The topological polar surface area (TPSA) is 80.7 Å². The smallest absolute Gasteiger partial charge is 0.273 e. The number of non-ortho nitro benzene ring substituents is 1. The zero-order valence-electron chi connectivity index (χ0n) is 13.0. The van der Waals surface area contributed by atoms with Gasteiger partial charge in [-0.15, -0.1) is 0 Å². The Balaban J connectivity index is 1.96. The molecule has 0 saturated carbocycles. The molecule has 0 aliphatic carbocycles. The summed E-state index contributed by atoms with van der Waals surface area (Å²) in [5.41, 5.74) is 2.91. The third-order valence-electron chi connectivity index (χ3n) is 4.03. The van der Waals surface area contributed by atoms with Crippen LogP contribution in [0, 0.1) is 10.1 Å². The zero-order chi connectivity index (χ0) is 17.4. The molecular formula is C19H13N3O3. The van der Waals surface area contributed by atoms with E-state index in [-0.39, 0.29) is 11.4 Å². The number of phenolic OH excluding ortho intramolecular Hbond substituents is 1. The summed E-state index contributed by atoms with van der Waals surface area (Å²) >= 11 is 0. The van der Waals surface area contributed by atoms with Crippen LogP contribution in [-0.4, -0.2) is 19.4 Å². The second kappa shape index (κ2) is 5.76. The molecule has 0 aliphatic rings. The Morgan fingerprint density at radius 3 is 2.48 bits per heavy atom. The molecule has 0 unspecified atom stereocenters. The van der Waals surface area contributed by atoms with Crippen LogP contribution in [-0.2, 0) is 0 Å². The van der Waals surface area contributed by atoms with Crippen LogP contribution < -0.4 is 0 Å². The van der Waals surface area contributed by atoms with Gasteiger partial charge in [-0.1, -0.05) is 36.4 Å². The summed E-state index contributed by atoms with van der Waals surface area (Å²) < 4.78 is 1.86. The van der Waals surface area contributed by atoms with Gasteiger partial charge in [-0.05, 0) is 18.2 Å². The molecule has 4 aromatic rings. The predicted molar refractivity (Wildman–Crippen MR) is 94.4 cm³/mol. The predicted octanol–water partition coefficient (Wildman–Crippen LogP) is 4.28. The molecule has 0 saturated heterocycles. The van der Waals surface area contributed by atoms with Gasteiger partial charge in [0.15, 0.2) is 0 Å². The van der Waals surface area contributed by atoms with E-state index in [4.69, 9.17) is 4.98 Å². The SMILES string of the molecule is O=[N+]([O-])c1ccc(-c2nc(-c3ccccc3)c3ccccn23)c(O)c1. The number of phenols is 1. The molecule has 122 valence electrons. The summed E-state index contributed by atoms with van der Waals surface area (Å²) in [5.74, 6) is 0.353. The van der Waals surface area contributed by atoms with Crippen molar-refractivity contribution in [3.8, 4) is 28.4 Å². The number of nitrogens with zero attached hydrogens (tertiary/aromatic N) is 3. The van der Waals surface area contributed by atoms with Crippen molar-refractivity contribution in [3.63, 3.8) is 0 Å². The minimum atomic E-state index is -0.539. The second-order valence-electron chi connectivity index (χ2n) is 5.56. The van der Waals surface area contributed by atoms with E-state index in [1.165, 1.54) is 12.1 Å². The summed E-state index contributed by atoms with van der Waals surface area (Å²) in [6.07, 6.45) is 1.85. The first kappa shape index (κ1) is 14.9. The normalized spacial score (nSPS) is 10.9. The van der Waals surface area contributed by atoms with Crippen LogP contribution in [0.2, 0.25) is 0 Å². The van der Waals surface area contributed by atoms with Gasteiger partial charge >= 0.3 is 0 Å². The number of benzene rings is 2. The lowest BCUT2D eigenvalue weighted by atomic mass is 10.1.